The highest BCUT2D eigenvalue weighted by Gasteiger charge is 2.14. The number of carbonyl (C=O) groups is 1. The lowest BCUT2D eigenvalue weighted by molar-refractivity contribution is -0.128. The molecule has 0 amide bonds. The molecule has 0 fully saturated rings. The van der Waals surface area contributed by atoms with Crippen LogP contribution >= 0.6 is 0 Å². The van der Waals surface area contributed by atoms with Gasteiger partial charge in [-0.1, -0.05) is 18.7 Å². The third-order valence-corrected chi connectivity index (χ3v) is 4.41. The number of rotatable bonds is 5. The summed E-state index contributed by atoms with van der Waals surface area (Å²) in [6.45, 7) is 11.9. The summed E-state index contributed by atoms with van der Waals surface area (Å²) >= 11 is 0. The van der Waals surface area contributed by atoms with Crippen LogP contribution in [-0.2, 0) is 4.79 Å². The molecule has 3 aromatic carbocycles. The minimum absolute atomic E-state index is 0.465. The van der Waals surface area contributed by atoms with Gasteiger partial charge in [-0.25, -0.2) is 4.79 Å². The fraction of sp³-hybridized carbons (Fsp3) is 0.160. The molecule has 142 valence electrons. The second kappa shape index (κ2) is 8.13. The second-order valence-electron chi connectivity index (χ2n) is 7.15. The average Bonchev–Trinajstić information content (AvgIpc) is 2.61. The van der Waals surface area contributed by atoms with E-state index in [0.29, 0.717) is 5.75 Å². The molecule has 3 rings (SSSR count). The predicted octanol–water partition coefficient (Wildman–Crippen LogP) is 6.48. The van der Waals surface area contributed by atoms with Crippen molar-refractivity contribution in [2.45, 2.75) is 27.7 Å². The van der Waals surface area contributed by atoms with Crippen LogP contribution in [0.3, 0.4) is 0 Å². The van der Waals surface area contributed by atoms with Crippen LogP contribution in [0.5, 0.6) is 5.75 Å². The number of anilines is 3. The minimum atomic E-state index is -0.465. The lowest BCUT2D eigenvalue weighted by Crippen LogP contribution is -2.11. The largest absolute Gasteiger partial charge is 0.423 e. The first kappa shape index (κ1) is 19.4. The summed E-state index contributed by atoms with van der Waals surface area (Å²) in [5, 5.41) is 0. The van der Waals surface area contributed by atoms with Crippen molar-refractivity contribution in [3.05, 3.63) is 95.6 Å². The highest BCUT2D eigenvalue weighted by Crippen LogP contribution is 2.37. The number of nitrogens with zero attached hydrogens (tertiary/aromatic N) is 1. The first-order chi connectivity index (χ1) is 13.4. The lowest BCUT2D eigenvalue weighted by atomic mass is 10.1. The van der Waals surface area contributed by atoms with Crippen molar-refractivity contribution in [3.8, 4) is 5.75 Å². The van der Waals surface area contributed by atoms with E-state index in [1.54, 1.807) is 12.1 Å². The zero-order valence-corrected chi connectivity index (χ0v) is 16.8. The molecule has 0 aliphatic rings. The Morgan fingerprint density at radius 3 is 1.57 bits per heavy atom. The number of carbonyl (C=O) groups excluding carboxylic acids is 1. The number of hydrogen-bond acceptors (Lipinski definition) is 3. The van der Waals surface area contributed by atoms with E-state index in [0.717, 1.165) is 23.1 Å². The highest BCUT2D eigenvalue weighted by molar-refractivity contribution is 5.83. The molecule has 0 heterocycles. The average molecular weight is 371 g/mol. The number of ether oxygens (including phenoxy) is 1. The molecule has 3 nitrogen and oxygen atoms in total. The quantitative estimate of drug-likeness (QED) is 0.292. The van der Waals surface area contributed by atoms with Crippen molar-refractivity contribution in [3.63, 3.8) is 0 Å². The summed E-state index contributed by atoms with van der Waals surface area (Å²) in [6.07, 6.45) is 1.16. The van der Waals surface area contributed by atoms with Gasteiger partial charge in [0.15, 0.2) is 0 Å². The van der Waals surface area contributed by atoms with Gasteiger partial charge in [0.05, 0.1) is 0 Å². The molecule has 28 heavy (non-hydrogen) atoms. The highest BCUT2D eigenvalue weighted by atomic mass is 16.5. The van der Waals surface area contributed by atoms with Gasteiger partial charge in [-0.05, 0) is 98.5 Å². The molecule has 0 unspecified atom stereocenters. The zero-order chi connectivity index (χ0) is 20.3. The summed E-state index contributed by atoms with van der Waals surface area (Å²) in [4.78, 5) is 13.7. The summed E-state index contributed by atoms with van der Waals surface area (Å²) in [5.74, 6) is 0.0302. The van der Waals surface area contributed by atoms with Crippen LogP contribution in [0.15, 0.2) is 73.3 Å². The van der Waals surface area contributed by atoms with Crippen molar-refractivity contribution in [2.24, 2.45) is 0 Å². The topological polar surface area (TPSA) is 29.5 Å². The Balaban J connectivity index is 2.10. The zero-order valence-electron chi connectivity index (χ0n) is 16.8. The summed E-state index contributed by atoms with van der Waals surface area (Å²) in [6, 6.07) is 20.6. The van der Waals surface area contributed by atoms with Crippen LogP contribution in [0.1, 0.15) is 22.3 Å². The van der Waals surface area contributed by atoms with E-state index in [-0.39, 0.29) is 0 Å². The Labute approximate surface area is 166 Å². The Morgan fingerprint density at radius 2 is 1.18 bits per heavy atom. The molecule has 0 aromatic heterocycles. The SMILES string of the molecule is C=CC(=O)Oc1ccc(N(c2cc(C)cc(C)c2)c2cc(C)cc(C)c2)cc1. The van der Waals surface area contributed by atoms with E-state index in [1.165, 1.54) is 22.3 Å². The Hall–Kier alpha value is -3.33. The van der Waals surface area contributed by atoms with Crippen LogP contribution < -0.4 is 9.64 Å². The third-order valence-electron chi connectivity index (χ3n) is 4.41. The van der Waals surface area contributed by atoms with Crippen molar-refractivity contribution in [2.75, 3.05) is 4.90 Å². The third kappa shape index (κ3) is 4.49. The van der Waals surface area contributed by atoms with Gasteiger partial charge in [0.2, 0.25) is 0 Å². The molecule has 0 aliphatic carbocycles. The molecular formula is C25H25NO2. The molecule has 0 N–H and O–H groups in total. The first-order valence-electron chi connectivity index (χ1n) is 9.27. The van der Waals surface area contributed by atoms with Crippen LogP contribution in [-0.4, -0.2) is 5.97 Å². The van der Waals surface area contributed by atoms with Crippen molar-refractivity contribution >= 4 is 23.0 Å². The smallest absolute Gasteiger partial charge is 0.335 e. The monoisotopic (exact) mass is 371 g/mol. The second-order valence-corrected chi connectivity index (χ2v) is 7.15. The van der Waals surface area contributed by atoms with E-state index >= 15 is 0 Å². The molecule has 0 bridgehead atoms. The number of benzene rings is 3. The summed E-state index contributed by atoms with van der Waals surface area (Å²) < 4.78 is 5.21. The Morgan fingerprint density at radius 1 is 0.750 bits per heavy atom. The van der Waals surface area contributed by atoms with E-state index in [2.05, 4.69) is 75.6 Å². The van der Waals surface area contributed by atoms with Gasteiger partial charge in [0.1, 0.15) is 5.75 Å². The van der Waals surface area contributed by atoms with Crippen LogP contribution in [0.25, 0.3) is 0 Å². The molecule has 0 atom stereocenters. The van der Waals surface area contributed by atoms with Gasteiger partial charge in [-0.2, -0.15) is 0 Å². The molecule has 0 saturated heterocycles. The summed E-state index contributed by atoms with van der Waals surface area (Å²) in [5.41, 5.74) is 8.02. The maximum absolute atomic E-state index is 11.4. The number of hydrogen-bond donors (Lipinski definition) is 0. The van der Waals surface area contributed by atoms with Crippen LogP contribution in [0, 0.1) is 27.7 Å². The van der Waals surface area contributed by atoms with Gasteiger partial charge in [-0.15, -0.1) is 0 Å². The molecular weight excluding hydrogens is 346 g/mol. The van der Waals surface area contributed by atoms with E-state index in [4.69, 9.17) is 4.74 Å². The lowest BCUT2D eigenvalue weighted by Gasteiger charge is -2.27. The maximum atomic E-state index is 11.4. The molecule has 3 heteroatoms. The van der Waals surface area contributed by atoms with Gasteiger partial charge >= 0.3 is 5.97 Å². The standard InChI is InChI=1S/C25H25NO2/c1-6-25(27)28-24-9-7-21(8-10-24)26(22-13-17(2)11-18(3)14-22)23-15-19(4)12-20(5)16-23/h6-16H,1H2,2-5H3. The molecule has 3 aromatic rings. The fourth-order valence-corrected chi connectivity index (χ4v) is 3.43. The van der Waals surface area contributed by atoms with E-state index in [1.807, 2.05) is 12.1 Å². The van der Waals surface area contributed by atoms with Crippen molar-refractivity contribution in [1.82, 2.24) is 0 Å². The molecule has 0 aliphatic heterocycles. The predicted molar refractivity (Wildman–Crippen MR) is 116 cm³/mol. The van der Waals surface area contributed by atoms with Crippen molar-refractivity contribution in [1.29, 1.82) is 0 Å². The first-order valence-corrected chi connectivity index (χ1v) is 9.27. The van der Waals surface area contributed by atoms with Gasteiger partial charge in [0, 0.05) is 23.1 Å². The van der Waals surface area contributed by atoms with Gasteiger partial charge in [-0.3, -0.25) is 0 Å². The van der Waals surface area contributed by atoms with E-state index < -0.39 is 5.97 Å². The van der Waals surface area contributed by atoms with E-state index in [9.17, 15) is 4.79 Å². The maximum Gasteiger partial charge on any atom is 0.335 e. The van der Waals surface area contributed by atoms with Gasteiger partial charge < -0.3 is 9.64 Å². The summed E-state index contributed by atoms with van der Waals surface area (Å²) in [7, 11) is 0. The number of esters is 1. The fourth-order valence-electron chi connectivity index (χ4n) is 3.43. The molecule has 0 radical (unpaired) electrons. The van der Waals surface area contributed by atoms with Crippen molar-refractivity contribution < 1.29 is 9.53 Å². The van der Waals surface area contributed by atoms with Crippen LogP contribution in [0.4, 0.5) is 17.1 Å². The normalized spacial score (nSPS) is 10.4. The minimum Gasteiger partial charge on any atom is -0.423 e. The Kier molecular flexibility index (Phi) is 5.65. The Bertz CT molecular complexity index is 927. The number of aryl methyl sites for hydroxylation is 4. The molecule has 0 spiro atoms. The van der Waals surface area contributed by atoms with Gasteiger partial charge in [0.25, 0.3) is 0 Å². The van der Waals surface area contributed by atoms with Crippen LogP contribution in [0.2, 0.25) is 0 Å². The molecule has 0 saturated carbocycles.